The lowest BCUT2D eigenvalue weighted by Gasteiger charge is -2.11. The van der Waals surface area contributed by atoms with Gasteiger partial charge in [-0.2, -0.15) is 0 Å². The molecule has 3 amide bonds. The summed E-state index contributed by atoms with van der Waals surface area (Å²) in [7, 11) is 1.30. The highest BCUT2D eigenvalue weighted by Gasteiger charge is 2.35. The minimum absolute atomic E-state index is 0.0668. The van der Waals surface area contributed by atoms with E-state index in [9.17, 15) is 14.4 Å². The Morgan fingerprint density at radius 2 is 1.80 bits per heavy atom. The molecular formula is C22H15ClN2O5. The predicted octanol–water partition coefficient (Wildman–Crippen LogP) is 4.48. The molecule has 2 heterocycles. The summed E-state index contributed by atoms with van der Waals surface area (Å²) < 4.78 is 10.6. The van der Waals surface area contributed by atoms with Crippen LogP contribution in [0.2, 0.25) is 5.02 Å². The molecule has 0 aliphatic carbocycles. The lowest BCUT2D eigenvalue weighted by atomic mass is 10.1. The number of esters is 1. The molecule has 30 heavy (non-hydrogen) atoms. The number of benzene rings is 2. The number of furan rings is 1. The number of carbonyl (C=O) groups excluding carboxylic acids is 3. The summed E-state index contributed by atoms with van der Waals surface area (Å²) in [5, 5.41) is 3.03. The number of urea groups is 1. The lowest BCUT2D eigenvalue weighted by Crippen LogP contribution is -2.30. The van der Waals surface area contributed by atoms with Crippen LogP contribution in [0.5, 0.6) is 0 Å². The van der Waals surface area contributed by atoms with Crippen LogP contribution in [0.4, 0.5) is 10.5 Å². The van der Waals surface area contributed by atoms with E-state index in [0.717, 1.165) is 4.90 Å². The van der Waals surface area contributed by atoms with Crippen LogP contribution in [-0.4, -0.2) is 25.0 Å². The van der Waals surface area contributed by atoms with Gasteiger partial charge in [0.15, 0.2) is 0 Å². The van der Waals surface area contributed by atoms with Gasteiger partial charge in [0.05, 0.1) is 18.4 Å². The molecule has 0 spiro atoms. The van der Waals surface area contributed by atoms with Gasteiger partial charge in [0.2, 0.25) is 0 Å². The standard InChI is InChI=1S/C22H15ClN2O5/c1-29-21(27)17-5-3-2-4-16(17)19-11-10-15(30-19)12-18-20(26)25(22(28)24-18)14-8-6-13(23)7-9-14/h2-12H,1H3,(H,24,28)/b18-12+. The van der Waals surface area contributed by atoms with E-state index in [-0.39, 0.29) is 5.70 Å². The lowest BCUT2D eigenvalue weighted by molar-refractivity contribution is -0.113. The number of hydrogen-bond donors (Lipinski definition) is 1. The first kappa shape index (κ1) is 19.5. The van der Waals surface area contributed by atoms with E-state index in [2.05, 4.69) is 5.32 Å². The molecule has 0 saturated carbocycles. The molecule has 0 unspecified atom stereocenters. The maximum atomic E-state index is 12.7. The van der Waals surface area contributed by atoms with Gasteiger partial charge in [-0.3, -0.25) is 4.79 Å². The van der Waals surface area contributed by atoms with Crippen molar-refractivity contribution in [1.29, 1.82) is 0 Å². The van der Waals surface area contributed by atoms with E-state index in [0.29, 0.717) is 33.4 Å². The molecule has 1 saturated heterocycles. The van der Waals surface area contributed by atoms with Gasteiger partial charge in [-0.15, -0.1) is 0 Å². The molecule has 8 heteroatoms. The number of halogens is 1. The van der Waals surface area contributed by atoms with E-state index in [1.807, 2.05) is 0 Å². The fraction of sp³-hybridized carbons (Fsp3) is 0.0455. The van der Waals surface area contributed by atoms with Crippen LogP contribution in [0.25, 0.3) is 17.4 Å². The van der Waals surface area contributed by atoms with Crippen molar-refractivity contribution >= 4 is 41.3 Å². The van der Waals surface area contributed by atoms with Crippen LogP contribution in [0, 0.1) is 0 Å². The quantitative estimate of drug-likeness (QED) is 0.380. The third-order valence-corrected chi connectivity index (χ3v) is 4.73. The Hall–Kier alpha value is -3.84. The third-order valence-electron chi connectivity index (χ3n) is 4.47. The number of imide groups is 1. The van der Waals surface area contributed by atoms with Gasteiger partial charge in [0.25, 0.3) is 5.91 Å². The molecule has 1 aromatic heterocycles. The third kappa shape index (κ3) is 3.58. The summed E-state index contributed by atoms with van der Waals surface area (Å²) in [4.78, 5) is 38.0. The smallest absolute Gasteiger partial charge is 0.338 e. The fourth-order valence-corrected chi connectivity index (χ4v) is 3.19. The van der Waals surface area contributed by atoms with E-state index < -0.39 is 17.9 Å². The summed E-state index contributed by atoms with van der Waals surface area (Å²) in [6.45, 7) is 0. The van der Waals surface area contributed by atoms with Crippen LogP contribution in [0.3, 0.4) is 0 Å². The minimum atomic E-state index is -0.573. The number of anilines is 1. The van der Waals surface area contributed by atoms with Crippen LogP contribution >= 0.6 is 11.6 Å². The SMILES string of the molecule is COC(=O)c1ccccc1-c1ccc(/C=C2/NC(=O)N(c3ccc(Cl)cc3)C2=O)o1. The van der Waals surface area contributed by atoms with Crippen molar-refractivity contribution < 1.29 is 23.5 Å². The summed E-state index contributed by atoms with van der Waals surface area (Å²) in [5.74, 6) is -0.241. The normalized spacial score (nSPS) is 14.9. The second-order valence-electron chi connectivity index (χ2n) is 6.34. The number of amides is 3. The van der Waals surface area contributed by atoms with Gasteiger partial charge in [0.1, 0.15) is 17.2 Å². The molecule has 1 N–H and O–H groups in total. The summed E-state index contributed by atoms with van der Waals surface area (Å²) in [6, 6.07) is 15.9. The molecule has 150 valence electrons. The Kier molecular flexibility index (Phi) is 5.12. The molecule has 1 aliphatic rings. The van der Waals surface area contributed by atoms with Crippen LogP contribution in [0.15, 0.2) is 70.8 Å². The van der Waals surface area contributed by atoms with Crippen LogP contribution in [0.1, 0.15) is 16.1 Å². The van der Waals surface area contributed by atoms with E-state index >= 15 is 0 Å². The largest absolute Gasteiger partial charge is 0.465 e. The molecule has 2 aromatic carbocycles. The maximum Gasteiger partial charge on any atom is 0.338 e. The van der Waals surface area contributed by atoms with E-state index in [1.54, 1.807) is 60.7 Å². The molecule has 7 nitrogen and oxygen atoms in total. The molecule has 0 bridgehead atoms. The van der Waals surface area contributed by atoms with E-state index in [4.69, 9.17) is 20.8 Å². The molecule has 1 aliphatic heterocycles. The second kappa shape index (κ2) is 7.88. The number of hydrogen-bond acceptors (Lipinski definition) is 5. The van der Waals surface area contributed by atoms with Gasteiger partial charge >= 0.3 is 12.0 Å². The van der Waals surface area contributed by atoms with Crippen molar-refractivity contribution in [3.8, 4) is 11.3 Å². The predicted molar refractivity (Wildman–Crippen MR) is 111 cm³/mol. The van der Waals surface area contributed by atoms with Crippen molar-refractivity contribution in [2.75, 3.05) is 12.0 Å². The number of nitrogens with zero attached hydrogens (tertiary/aromatic N) is 1. The van der Waals surface area contributed by atoms with Crippen molar-refractivity contribution in [2.24, 2.45) is 0 Å². The summed E-state index contributed by atoms with van der Waals surface area (Å²) in [6.07, 6.45) is 1.43. The highest BCUT2D eigenvalue weighted by molar-refractivity contribution is 6.31. The monoisotopic (exact) mass is 422 g/mol. The molecule has 1 fully saturated rings. The highest BCUT2D eigenvalue weighted by atomic mass is 35.5. The second-order valence-corrected chi connectivity index (χ2v) is 6.78. The van der Waals surface area contributed by atoms with Crippen LogP contribution < -0.4 is 10.2 Å². The zero-order chi connectivity index (χ0) is 21.3. The average molecular weight is 423 g/mol. The number of methoxy groups -OCH3 is 1. The molecule has 0 radical (unpaired) electrons. The average Bonchev–Trinajstić information content (AvgIpc) is 3.33. The van der Waals surface area contributed by atoms with Gasteiger partial charge in [-0.25, -0.2) is 14.5 Å². The van der Waals surface area contributed by atoms with Crippen molar-refractivity contribution in [2.45, 2.75) is 0 Å². The Labute approximate surface area is 176 Å². The van der Waals surface area contributed by atoms with Gasteiger partial charge < -0.3 is 14.5 Å². The topological polar surface area (TPSA) is 88.9 Å². The molecule has 4 rings (SSSR count). The van der Waals surface area contributed by atoms with Gasteiger partial charge in [-0.1, -0.05) is 29.8 Å². The molecular weight excluding hydrogens is 408 g/mol. The minimum Gasteiger partial charge on any atom is -0.465 e. The Bertz CT molecular complexity index is 1180. The van der Waals surface area contributed by atoms with Gasteiger partial charge in [-0.05, 0) is 42.5 Å². The number of carbonyl (C=O) groups is 3. The number of rotatable bonds is 4. The zero-order valence-corrected chi connectivity index (χ0v) is 16.5. The maximum absolute atomic E-state index is 12.7. The Morgan fingerprint density at radius 3 is 2.53 bits per heavy atom. The zero-order valence-electron chi connectivity index (χ0n) is 15.7. The fourth-order valence-electron chi connectivity index (χ4n) is 3.06. The Morgan fingerprint density at radius 1 is 1.07 bits per heavy atom. The first-order valence-electron chi connectivity index (χ1n) is 8.88. The first-order valence-corrected chi connectivity index (χ1v) is 9.26. The van der Waals surface area contributed by atoms with Crippen molar-refractivity contribution in [3.63, 3.8) is 0 Å². The van der Waals surface area contributed by atoms with E-state index in [1.165, 1.54) is 13.2 Å². The summed E-state index contributed by atoms with van der Waals surface area (Å²) in [5.41, 5.74) is 1.38. The number of ether oxygens (including phenoxy) is 1. The van der Waals surface area contributed by atoms with Gasteiger partial charge in [0, 0.05) is 16.7 Å². The Balaban J connectivity index is 1.62. The summed E-state index contributed by atoms with van der Waals surface area (Å²) >= 11 is 5.86. The highest BCUT2D eigenvalue weighted by Crippen LogP contribution is 2.28. The van der Waals surface area contributed by atoms with Crippen molar-refractivity contribution in [1.82, 2.24) is 5.32 Å². The molecule has 3 aromatic rings. The van der Waals surface area contributed by atoms with Crippen LogP contribution in [-0.2, 0) is 9.53 Å². The molecule has 0 atom stereocenters. The first-order chi connectivity index (χ1) is 14.5. The van der Waals surface area contributed by atoms with Crippen molar-refractivity contribution in [3.05, 3.63) is 82.7 Å². The number of nitrogens with one attached hydrogen (secondary N) is 1.